The molecule has 114 valence electrons. The molecule has 5 nitrogen and oxygen atoms in total. The van der Waals surface area contributed by atoms with Gasteiger partial charge in [0.05, 0.1) is 0 Å². The monoisotopic (exact) mass is 331 g/mol. The fourth-order valence-electron chi connectivity index (χ4n) is 1.48. The summed E-state index contributed by atoms with van der Waals surface area (Å²) in [7, 11) is -4.13. The van der Waals surface area contributed by atoms with E-state index in [1.807, 2.05) is 4.72 Å². The molecular formula is C10H12F3NO4S2. The molecule has 2 N–H and O–H groups in total. The van der Waals surface area contributed by atoms with Gasteiger partial charge in [-0.1, -0.05) is 0 Å². The van der Waals surface area contributed by atoms with E-state index >= 15 is 0 Å². The number of thiophene rings is 1. The first-order valence-corrected chi connectivity index (χ1v) is 7.78. The molecule has 0 saturated carbocycles. The maximum Gasteiger partial charge on any atom is 0.389 e. The number of aromatic carboxylic acids is 1. The summed E-state index contributed by atoms with van der Waals surface area (Å²) in [6.07, 6.45) is -5.87. The molecule has 0 aliphatic heterocycles. The Labute approximate surface area is 117 Å². The summed E-state index contributed by atoms with van der Waals surface area (Å²) in [5, 5.41) is 10.3. The highest BCUT2D eigenvalue weighted by Gasteiger charge is 2.28. The first-order chi connectivity index (χ1) is 9.04. The van der Waals surface area contributed by atoms with Crippen molar-refractivity contribution in [2.75, 3.05) is 6.54 Å². The van der Waals surface area contributed by atoms with Crippen LogP contribution >= 0.6 is 11.3 Å². The summed E-state index contributed by atoms with van der Waals surface area (Å²) in [6, 6.07) is 0. The number of hydrogen-bond donors (Lipinski definition) is 2. The van der Waals surface area contributed by atoms with E-state index in [9.17, 15) is 26.4 Å². The molecule has 1 aromatic heterocycles. The summed E-state index contributed by atoms with van der Waals surface area (Å²) in [5.74, 6) is -1.39. The van der Waals surface area contributed by atoms with E-state index in [1.165, 1.54) is 12.3 Å². The Morgan fingerprint density at radius 2 is 2.05 bits per heavy atom. The molecule has 0 saturated heterocycles. The van der Waals surface area contributed by atoms with E-state index in [4.69, 9.17) is 5.11 Å². The summed E-state index contributed by atoms with van der Waals surface area (Å²) in [6.45, 7) is 1.02. The second kappa shape index (κ2) is 6.10. The topological polar surface area (TPSA) is 83.5 Å². The number of aryl methyl sites for hydroxylation is 1. The van der Waals surface area contributed by atoms with E-state index in [0.717, 1.165) is 11.3 Å². The van der Waals surface area contributed by atoms with Crippen LogP contribution in [-0.2, 0) is 10.0 Å². The van der Waals surface area contributed by atoms with E-state index in [-0.39, 0.29) is 15.3 Å². The van der Waals surface area contributed by atoms with Gasteiger partial charge in [0.2, 0.25) is 10.0 Å². The Kier molecular flexibility index (Phi) is 5.16. The van der Waals surface area contributed by atoms with Crippen LogP contribution in [0.15, 0.2) is 10.3 Å². The van der Waals surface area contributed by atoms with Crippen molar-refractivity contribution in [2.24, 2.45) is 0 Å². The maximum atomic E-state index is 11.9. The summed E-state index contributed by atoms with van der Waals surface area (Å²) in [5.41, 5.74) is 0.246. The molecule has 1 heterocycles. The Morgan fingerprint density at radius 3 is 2.55 bits per heavy atom. The molecule has 0 aliphatic rings. The number of nitrogens with one attached hydrogen (secondary N) is 1. The van der Waals surface area contributed by atoms with Gasteiger partial charge >= 0.3 is 12.1 Å². The SMILES string of the molecule is Cc1csc(C(=O)O)c1S(=O)(=O)NCCCC(F)(F)F. The standard InChI is InChI=1S/C10H12F3NO4S2/c1-6-5-19-7(9(15)16)8(6)20(17,18)14-4-2-3-10(11,12)13/h5,14H,2-4H2,1H3,(H,15,16). The van der Waals surface area contributed by atoms with Crippen LogP contribution in [0.3, 0.4) is 0 Å². The van der Waals surface area contributed by atoms with E-state index in [1.54, 1.807) is 0 Å². The van der Waals surface area contributed by atoms with Gasteiger partial charge in [-0.2, -0.15) is 13.2 Å². The Hall–Kier alpha value is -1.13. The molecule has 0 bridgehead atoms. The number of alkyl halides is 3. The molecule has 0 spiro atoms. The molecule has 0 aliphatic carbocycles. The third-order valence-electron chi connectivity index (χ3n) is 2.31. The van der Waals surface area contributed by atoms with Crippen molar-refractivity contribution in [1.29, 1.82) is 0 Å². The normalized spacial score (nSPS) is 12.6. The lowest BCUT2D eigenvalue weighted by molar-refractivity contribution is -0.135. The number of sulfonamides is 1. The quantitative estimate of drug-likeness (QED) is 0.784. The van der Waals surface area contributed by atoms with Crippen LogP contribution in [0.5, 0.6) is 0 Å². The van der Waals surface area contributed by atoms with Crippen molar-refractivity contribution in [3.8, 4) is 0 Å². The number of carbonyl (C=O) groups is 1. The van der Waals surface area contributed by atoms with Crippen molar-refractivity contribution >= 4 is 27.3 Å². The molecule has 1 aromatic rings. The average molecular weight is 331 g/mol. The highest BCUT2D eigenvalue weighted by molar-refractivity contribution is 7.89. The Bertz CT molecular complexity index is 592. The minimum Gasteiger partial charge on any atom is -0.477 e. The number of carboxylic acids is 1. The lowest BCUT2D eigenvalue weighted by Crippen LogP contribution is -2.27. The third-order valence-corrected chi connectivity index (χ3v) is 5.17. The molecule has 0 fully saturated rings. The van der Waals surface area contributed by atoms with Crippen molar-refractivity contribution in [3.63, 3.8) is 0 Å². The molecule has 0 amide bonds. The van der Waals surface area contributed by atoms with Gasteiger partial charge in [0, 0.05) is 13.0 Å². The number of carboxylic acid groups (broad SMARTS) is 1. The zero-order valence-corrected chi connectivity index (χ0v) is 12.0. The van der Waals surface area contributed by atoms with Crippen molar-refractivity contribution < 1.29 is 31.5 Å². The Morgan fingerprint density at radius 1 is 1.45 bits per heavy atom. The summed E-state index contributed by atoms with van der Waals surface area (Å²) in [4.78, 5) is 10.2. The second-order valence-corrected chi connectivity index (χ2v) is 6.58. The molecule has 0 atom stereocenters. The van der Waals surface area contributed by atoms with Gasteiger partial charge in [-0.05, 0) is 24.3 Å². The first kappa shape index (κ1) is 16.9. The van der Waals surface area contributed by atoms with Crippen LogP contribution in [-0.4, -0.2) is 32.2 Å². The lowest BCUT2D eigenvalue weighted by atomic mass is 10.3. The number of hydrogen-bond acceptors (Lipinski definition) is 4. The average Bonchev–Trinajstić information content (AvgIpc) is 2.66. The van der Waals surface area contributed by atoms with Crippen LogP contribution in [0.1, 0.15) is 28.1 Å². The molecular weight excluding hydrogens is 319 g/mol. The van der Waals surface area contributed by atoms with Crippen LogP contribution in [0.25, 0.3) is 0 Å². The van der Waals surface area contributed by atoms with Crippen molar-refractivity contribution in [2.45, 2.75) is 30.8 Å². The van der Waals surface area contributed by atoms with E-state index in [2.05, 4.69) is 0 Å². The predicted molar refractivity (Wildman–Crippen MR) is 66.5 cm³/mol. The lowest BCUT2D eigenvalue weighted by Gasteiger charge is -2.09. The van der Waals surface area contributed by atoms with Gasteiger partial charge in [-0.25, -0.2) is 17.9 Å². The minimum atomic E-state index is -4.35. The fraction of sp³-hybridized carbons (Fsp3) is 0.500. The minimum absolute atomic E-state index is 0.246. The van der Waals surface area contributed by atoms with Crippen molar-refractivity contribution in [1.82, 2.24) is 4.72 Å². The molecule has 0 unspecified atom stereocenters. The maximum absolute atomic E-state index is 11.9. The molecule has 20 heavy (non-hydrogen) atoms. The Balaban J connectivity index is 2.80. The first-order valence-electron chi connectivity index (χ1n) is 5.42. The van der Waals surface area contributed by atoms with Gasteiger partial charge in [0.15, 0.2) is 0 Å². The van der Waals surface area contributed by atoms with Crippen LogP contribution in [0.4, 0.5) is 13.2 Å². The molecule has 10 heteroatoms. The van der Waals surface area contributed by atoms with Crippen molar-refractivity contribution in [3.05, 3.63) is 15.8 Å². The van der Waals surface area contributed by atoms with Gasteiger partial charge in [-0.15, -0.1) is 11.3 Å². The highest BCUT2D eigenvalue weighted by atomic mass is 32.2. The smallest absolute Gasteiger partial charge is 0.389 e. The highest BCUT2D eigenvalue weighted by Crippen LogP contribution is 2.27. The van der Waals surface area contributed by atoms with Gasteiger partial charge < -0.3 is 5.11 Å². The molecule has 0 radical (unpaired) electrons. The van der Waals surface area contributed by atoms with Crippen LogP contribution in [0.2, 0.25) is 0 Å². The zero-order chi connectivity index (χ0) is 15.6. The number of rotatable bonds is 6. The zero-order valence-electron chi connectivity index (χ0n) is 10.3. The number of halogens is 3. The molecule has 1 rings (SSSR count). The fourth-order valence-corrected chi connectivity index (χ4v) is 4.18. The van der Waals surface area contributed by atoms with Gasteiger partial charge in [-0.3, -0.25) is 0 Å². The third kappa shape index (κ3) is 4.46. The molecule has 0 aromatic carbocycles. The second-order valence-electron chi connectivity index (χ2n) is 4.00. The van der Waals surface area contributed by atoms with Gasteiger partial charge in [0.1, 0.15) is 9.77 Å². The van der Waals surface area contributed by atoms with Crippen LogP contribution in [0, 0.1) is 6.92 Å². The van der Waals surface area contributed by atoms with Crippen LogP contribution < -0.4 is 4.72 Å². The largest absolute Gasteiger partial charge is 0.477 e. The van der Waals surface area contributed by atoms with Gasteiger partial charge in [0.25, 0.3) is 0 Å². The predicted octanol–water partition coefficient (Wildman–Crippen LogP) is 2.38. The van der Waals surface area contributed by atoms with E-state index in [0.29, 0.717) is 0 Å². The summed E-state index contributed by atoms with van der Waals surface area (Å²) < 4.78 is 61.6. The summed E-state index contributed by atoms with van der Waals surface area (Å²) >= 11 is 0.756. The van der Waals surface area contributed by atoms with E-state index < -0.39 is 41.6 Å².